The van der Waals surface area contributed by atoms with Gasteiger partial charge in [0, 0.05) is 13.1 Å². The maximum absolute atomic E-state index is 11.0. The van der Waals surface area contributed by atoms with Crippen LogP contribution >= 0.6 is 0 Å². The fourth-order valence-electron chi connectivity index (χ4n) is 1.89. The van der Waals surface area contributed by atoms with Crippen LogP contribution in [-0.4, -0.2) is 28.8 Å². The molecular formula is C13H17NO3. The molecule has 1 fully saturated rings. The summed E-state index contributed by atoms with van der Waals surface area (Å²) >= 11 is 0. The summed E-state index contributed by atoms with van der Waals surface area (Å²) in [6.45, 7) is 1.00. The fraction of sp³-hybridized carbons (Fsp3) is 0.462. The first-order valence-electron chi connectivity index (χ1n) is 5.88. The van der Waals surface area contributed by atoms with Crippen LogP contribution in [0.25, 0.3) is 0 Å². The van der Waals surface area contributed by atoms with E-state index < -0.39 is 5.97 Å². The molecule has 2 rings (SSSR count). The smallest absolute Gasteiger partial charge is 0.336 e. The number of carbonyl (C=O) groups is 1. The van der Waals surface area contributed by atoms with Crippen LogP contribution in [-0.2, 0) is 6.54 Å². The molecule has 0 heterocycles. The van der Waals surface area contributed by atoms with Gasteiger partial charge in [0.25, 0.3) is 0 Å². The summed E-state index contributed by atoms with van der Waals surface area (Å²) < 4.78 is 0. The summed E-state index contributed by atoms with van der Waals surface area (Å²) in [4.78, 5) is 11.0. The lowest BCUT2D eigenvalue weighted by Gasteiger charge is -2.11. The molecule has 1 saturated carbocycles. The van der Waals surface area contributed by atoms with E-state index in [0.29, 0.717) is 24.6 Å². The van der Waals surface area contributed by atoms with Gasteiger partial charge in [-0.25, -0.2) is 4.79 Å². The quantitative estimate of drug-likeness (QED) is 0.694. The molecule has 0 aliphatic heterocycles. The summed E-state index contributed by atoms with van der Waals surface area (Å²) in [5, 5.41) is 21.8. The summed E-state index contributed by atoms with van der Waals surface area (Å²) in [6.07, 6.45) is 1.91. The van der Waals surface area contributed by atoms with Crippen LogP contribution in [0.2, 0.25) is 0 Å². The van der Waals surface area contributed by atoms with Crippen molar-refractivity contribution in [1.29, 1.82) is 0 Å². The summed E-state index contributed by atoms with van der Waals surface area (Å²) in [5.74, 6) is -0.470. The minimum Gasteiger partial charge on any atom is -0.478 e. The van der Waals surface area contributed by atoms with Gasteiger partial charge in [0.15, 0.2) is 0 Å². The van der Waals surface area contributed by atoms with Crippen LogP contribution in [0.15, 0.2) is 24.3 Å². The Bertz CT molecular complexity index is 401. The van der Waals surface area contributed by atoms with Gasteiger partial charge < -0.3 is 15.5 Å². The molecule has 1 aliphatic rings. The maximum atomic E-state index is 11.0. The van der Waals surface area contributed by atoms with Crippen molar-refractivity contribution < 1.29 is 15.0 Å². The molecule has 4 heteroatoms. The van der Waals surface area contributed by atoms with Crippen LogP contribution in [0.4, 0.5) is 0 Å². The Balaban J connectivity index is 1.87. The van der Waals surface area contributed by atoms with E-state index >= 15 is 0 Å². The number of nitrogens with one attached hydrogen (secondary N) is 1. The number of aliphatic hydroxyl groups excluding tert-OH is 1. The number of aromatic carboxylic acids is 1. The van der Waals surface area contributed by atoms with Gasteiger partial charge in [0.2, 0.25) is 0 Å². The molecule has 3 N–H and O–H groups in total. The molecule has 0 bridgehead atoms. The van der Waals surface area contributed by atoms with Crippen LogP contribution in [0.3, 0.4) is 0 Å². The third-order valence-electron chi connectivity index (χ3n) is 3.08. The zero-order valence-corrected chi connectivity index (χ0v) is 9.60. The van der Waals surface area contributed by atoms with Crippen LogP contribution in [0, 0.1) is 5.92 Å². The maximum Gasteiger partial charge on any atom is 0.336 e. The lowest BCUT2D eigenvalue weighted by Crippen LogP contribution is -2.28. The number of carboxylic acid groups (broad SMARTS) is 1. The molecule has 0 saturated heterocycles. The molecule has 0 aromatic heterocycles. The average Bonchev–Trinajstić information content (AvgIpc) is 3.13. The highest BCUT2D eigenvalue weighted by Crippen LogP contribution is 2.32. The Kier molecular flexibility index (Phi) is 3.76. The van der Waals surface area contributed by atoms with Gasteiger partial charge in [-0.2, -0.15) is 0 Å². The van der Waals surface area contributed by atoms with Gasteiger partial charge in [-0.1, -0.05) is 18.2 Å². The lowest BCUT2D eigenvalue weighted by atomic mass is 10.1. The van der Waals surface area contributed by atoms with E-state index in [-0.39, 0.29) is 6.10 Å². The van der Waals surface area contributed by atoms with Crippen molar-refractivity contribution in [3.8, 4) is 0 Å². The molecule has 4 nitrogen and oxygen atoms in total. The Morgan fingerprint density at radius 2 is 2.12 bits per heavy atom. The number of hydrogen-bond acceptors (Lipinski definition) is 3. The molecule has 0 radical (unpaired) electrons. The number of hydrogen-bond donors (Lipinski definition) is 3. The molecule has 1 aromatic carbocycles. The zero-order chi connectivity index (χ0) is 12.3. The Labute approximate surface area is 100 Å². The van der Waals surface area contributed by atoms with Gasteiger partial charge in [0.05, 0.1) is 11.7 Å². The first kappa shape index (κ1) is 12.1. The lowest BCUT2D eigenvalue weighted by molar-refractivity contribution is 0.0695. The second-order valence-corrected chi connectivity index (χ2v) is 4.50. The van der Waals surface area contributed by atoms with Crippen molar-refractivity contribution in [2.24, 2.45) is 5.92 Å². The van der Waals surface area contributed by atoms with Gasteiger partial charge in [-0.3, -0.25) is 0 Å². The summed E-state index contributed by atoms with van der Waals surface area (Å²) in [7, 11) is 0. The molecule has 1 aromatic rings. The van der Waals surface area contributed by atoms with Crippen molar-refractivity contribution in [1.82, 2.24) is 5.32 Å². The van der Waals surface area contributed by atoms with Crippen molar-refractivity contribution in [3.63, 3.8) is 0 Å². The molecular weight excluding hydrogens is 218 g/mol. The van der Waals surface area contributed by atoms with Gasteiger partial charge in [-0.05, 0) is 30.4 Å². The average molecular weight is 235 g/mol. The van der Waals surface area contributed by atoms with Gasteiger partial charge in [-0.15, -0.1) is 0 Å². The highest BCUT2D eigenvalue weighted by atomic mass is 16.4. The van der Waals surface area contributed by atoms with Crippen LogP contribution in [0.1, 0.15) is 28.8 Å². The Morgan fingerprint density at radius 1 is 1.41 bits per heavy atom. The van der Waals surface area contributed by atoms with E-state index in [1.807, 2.05) is 6.07 Å². The Morgan fingerprint density at radius 3 is 2.76 bits per heavy atom. The second-order valence-electron chi connectivity index (χ2n) is 4.50. The van der Waals surface area contributed by atoms with E-state index in [1.54, 1.807) is 18.2 Å². The highest BCUT2D eigenvalue weighted by molar-refractivity contribution is 5.89. The largest absolute Gasteiger partial charge is 0.478 e. The number of rotatable bonds is 6. The topological polar surface area (TPSA) is 69.6 Å². The highest BCUT2D eigenvalue weighted by Gasteiger charge is 2.29. The van der Waals surface area contributed by atoms with Crippen LogP contribution < -0.4 is 5.32 Å². The zero-order valence-electron chi connectivity index (χ0n) is 9.60. The Hall–Kier alpha value is -1.39. The molecule has 1 aliphatic carbocycles. The second kappa shape index (κ2) is 5.29. The van der Waals surface area contributed by atoms with Crippen molar-refractivity contribution in [2.75, 3.05) is 6.54 Å². The summed E-state index contributed by atoms with van der Waals surface area (Å²) in [5.41, 5.74) is 1.07. The molecule has 0 amide bonds. The van der Waals surface area contributed by atoms with E-state index in [0.717, 1.165) is 18.4 Å². The van der Waals surface area contributed by atoms with E-state index in [2.05, 4.69) is 5.32 Å². The normalized spacial score (nSPS) is 16.8. The predicted octanol–water partition coefficient (Wildman–Crippen LogP) is 1.25. The monoisotopic (exact) mass is 235 g/mol. The van der Waals surface area contributed by atoms with Gasteiger partial charge in [0.1, 0.15) is 0 Å². The molecule has 17 heavy (non-hydrogen) atoms. The minimum atomic E-state index is -0.912. The third-order valence-corrected chi connectivity index (χ3v) is 3.08. The van der Waals surface area contributed by atoms with Gasteiger partial charge >= 0.3 is 5.97 Å². The van der Waals surface area contributed by atoms with Crippen molar-refractivity contribution in [3.05, 3.63) is 35.4 Å². The number of aliphatic hydroxyl groups is 1. The standard InChI is InChI=1S/C13H17NO3/c15-12(9-5-6-9)8-14-7-10-3-1-2-4-11(10)13(16)17/h1-4,9,12,14-15H,5-8H2,(H,16,17). The number of benzene rings is 1. The first-order chi connectivity index (χ1) is 8.18. The summed E-state index contributed by atoms with van der Waals surface area (Å²) in [6, 6.07) is 6.92. The van der Waals surface area contributed by atoms with Crippen molar-refractivity contribution >= 4 is 5.97 Å². The van der Waals surface area contributed by atoms with E-state index in [1.165, 1.54) is 0 Å². The number of carboxylic acids is 1. The first-order valence-corrected chi connectivity index (χ1v) is 5.88. The van der Waals surface area contributed by atoms with E-state index in [4.69, 9.17) is 5.11 Å². The molecule has 0 spiro atoms. The van der Waals surface area contributed by atoms with Crippen LogP contribution in [0.5, 0.6) is 0 Å². The molecule has 92 valence electrons. The predicted molar refractivity (Wildman–Crippen MR) is 63.8 cm³/mol. The van der Waals surface area contributed by atoms with Crippen molar-refractivity contribution in [2.45, 2.75) is 25.5 Å². The molecule has 1 atom stereocenters. The fourth-order valence-corrected chi connectivity index (χ4v) is 1.89. The molecule has 1 unspecified atom stereocenters. The minimum absolute atomic E-state index is 0.299. The third kappa shape index (κ3) is 3.28. The van der Waals surface area contributed by atoms with E-state index in [9.17, 15) is 9.90 Å². The SMILES string of the molecule is O=C(O)c1ccccc1CNCC(O)C1CC1.